The van der Waals surface area contributed by atoms with Crippen molar-refractivity contribution in [2.75, 3.05) is 13.3 Å². The van der Waals surface area contributed by atoms with Crippen LogP contribution in [0.1, 0.15) is 111 Å². The van der Waals surface area contributed by atoms with Crippen molar-refractivity contribution in [1.29, 1.82) is 0 Å². The Bertz CT molecular complexity index is 2090. The molecule has 3 aromatic rings. The number of hydrogen-bond acceptors (Lipinski definition) is 9. The fourth-order valence-electron chi connectivity index (χ4n) is 6.46. The van der Waals surface area contributed by atoms with Crippen LogP contribution in [0.3, 0.4) is 0 Å². The summed E-state index contributed by atoms with van der Waals surface area (Å²) in [5, 5.41) is 58.3. The van der Waals surface area contributed by atoms with Gasteiger partial charge in [-0.2, -0.15) is 0 Å². The fraction of sp³-hybridized carbons (Fsp3) is 0.378. The number of rotatable bonds is 10. The number of aliphatic hydroxyl groups is 4. The Morgan fingerprint density at radius 2 is 1.08 bits per heavy atom. The maximum Gasteiger partial charge on any atom is 0.303 e. The third-order valence-corrected chi connectivity index (χ3v) is 9.07. The van der Waals surface area contributed by atoms with Gasteiger partial charge in [0.25, 0.3) is 0 Å². The van der Waals surface area contributed by atoms with Gasteiger partial charge in [-0.05, 0) is 112 Å². The summed E-state index contributed by atoms with van der Waals surface area (Å²) >= 11 is 0. The zero-order valence-electron chi connectivity index (χ0n) is 29.5. The molecule has 5 rings (SSSR count). The highest BCUT2D eigenvalue weighted by molar-refractivity contribution is 5.96. The lowest BCUT2D eigenvalue weighted by Gasteiger charge is -2.05. The van der Waals surface area contributed by atoms with Crippen LogP contribution >= 0.6 is 0 Å². The number of aliphatic carboxylic acids is 2. The second-order valence-electron chi connectivity index (χ2n) is 12.6. The Morgan fingerprint density at radius 3 is 1.45 bits per heavy atom. The predicted molar refractivity (Wildman–Crippen MR) is 193 cm³/mol. The van der Waals surface area contributed by atoms with E-state index in [1.165, 1.54) is 0 Å². The van der Waals surface area contributed by atoms with Crippen molar-refractivity contribution in [2.45, 2.75) is 79.4 Å². The first-order valence-corrected chi connectivity index (χ1v) is 16.5. The molecule has 2 aliphatic heterocycles. The molecule has 5 heterocycles. The number of hydrogen-bond donors (Lipinski definition) is 9. The highest BCUT2D eigenvalue weighted by Crippen LogP contribution is 2.38. The van der Waals surface area contributed by atoms with E-state index in [4.69, 9.17) is 20.2 Å². The van der Waals surface area contributed by atoms with Crippen LogP contribution in [-0.2, 0) is 14.4 Å². The molecule has 0 saturated heterocycles. The third-order valence-electron chi connectivity index (χ3n) is 9.07. The van der Waals surface area contributed by atoms with Crippen molar-refractivity contribution in [2.24, 2.45) is 0 Å². The van der Waals surface area contributed by atoms with Gasteiger partial charge in [-0.1, -0.05) is 0 Å². The lowest BCUT2D eigenvalue weighted by molar-refractivity contribution is -0.137. The summed E-state index contributed by atoms with van der Waals surface area (Å²) < 4.78 is 0. The van der Waals surface area contributed by atoms with E-state index in [0.29, 0.717) is 39.4 Å². The van der Waals surface area contributed by atoms with Crippen molar-refractivity contribution < 1.29 is 45.0 Å². The smallest absolute Gasteiger partial charge is 0.303 e. The Balaban J connectivity index is 0.000000755. The molecular weight excluding hydrogens is 658 g/mol. The number of carboxylic acids is 2. The van der Waals surface area contributed by atoms with E-state index in [9.17, 15) is 34.8 Å². The van der Waals surface area contributed by atoms with Crippen molar-refractivity contribution in [3.8, 4) is 0 Å². The summed E-state index contributed by atoms with van der Waals surface area (Å²) in [6, 6.07) is 7.51. The number of allylic oxidation sites excluding steroid dienone is 4. The molecule has 0 fully saturated rings. The Labute approximate surface area is 294 Å². The minimum absolute atomic E-state index is 0.0750. The number of aliphatic hydroxyl groups excluding tert-OH is 4. The standard InChI is InChI=1S/C34H38N4O6.C3H7NO3/c1-15-21(7-9-31(41)42)27-14-28-22(8-10-32(43)44)16(2)24(36-28)12-29-34(20(6)40)18(4)26(38-29)13-30-33(19(5)39)17(3)25(37-30)11-23(15)35-27;5-1-3(7)4-2-6/h11-14,19-20,37-40H,7-10H2,1-6H3,(H,41,42)(H,43,44);5-6H,1-2H2,(H,4,7). The number of nitrogens with one attached hydrogen (secondary N) is 3. The van der Waals surface area contributed by atoms with Crippen LogP contribution < -0.4 is 5.32 Å². The normalized spacial score (nSPS) is 13.8. The van der Waals surface area contributed by atoms with Gasteiger partial charge >= 0.3 is 11.9 Å². The summed E-state index contributed by atoms with van der Waals surface area (Å²) in [5.74, 6) is -2.41. The van der Waals surface area contributed by atoms with E-state index in [-0.39, 0.29) is 25.7 Å². The van der Waals surface area contributed by atoms with E-state index >= 15 is 0 Å². The lowest BCUT2D eigenvalue weighted by Crippen LogP contribution is -2.26. The van der Waals surface area contributed by atoms with Gasteiger partial charge in [-0.25, -0.2) is 9.97 Å². The topological polar surface area (TPSA) is 242 Å². The lowest BCUT2D eigenvalue weighted by atomic mass is 9.98. The molecule has 0 aromatic carbocycles. The predicted octanol–water partition coefficient (Wildman–Crippen LogP) is 4.67. The van der Waals surface area contributed by atoms with Crippen LogP contribution in [0.4, 0.5) is 0 Å². The molecule has 2 aliphatic rings. The van der Waals surface area contributed by atoms with Gasteiger partial charge in [0.15, 0.2) is 0 Å². The molecular formula is C37H45N5O9. The molecule has 0 aliphatic carbocycles. The molecule has 51 heavy (non-hydrogen) atoms. The van der Waals surface area contributed by atoms with Gasteiger partial charge in [0.2, 0.25) is 5.91 Å². The van der Waals surface area contributed by atoms with Crippen LogP contribution in [0.15, 0.2) is 24.3 Å². The van der Waals surface area contributed by atoms with Crippen LogP contribution in [-0.4, -0.2) is 81.8 Å². The summed E-state index contributed by atoms with van der Waals surface area (Å²) in [4.78, 5) is 49.7. The summed E-state index contributed by atoms with van der Waals surface area (Å²) in [6.07, 6.45) is -1.18. The second kappa shape index (κ2) is 16.2. The Hall–Kier alpha value is -5.15. The van der Waals surface area contributed by atoms with E-state index in [2.05, 4.69) is 9.97 Å². The zero-order chi connectivity index (χ0) is 37.7. The van der Waals surface area contributed by atoms with E-state index in [1.54, 1.807) is 13.8 Å². The van der Waals surface area contributed by atoms with Crippen molar-refractivity contribution in [3.05, 3.63) is 69.3 Å². The largest absolute Gasteiger partial charge is 0.481 e. The van der Waals surface area contributed by atoms with Crippen LogP contribution in [0.2, 0.25) is 0 Å². The van der Waals surface area contributed by atoms with Gasteiger partial charge in [-0.3, -0.25) is 14.4 Å². The highest BCUT2D eigenvalue weighted by atomic mass is 16.4. The molecule has 14 heteroatoms. The quantitative estimate of drug-likeness (QED) is 0.131. The number of fused-ring (bicyclic) bond motifs is 8. The molecule has 14 nitrogen and oxygen atoms in total. The molecule has 0 saturated carbocycles. The van der Waals surface area contributed by atoms with Gasteiger partial charge in [0.1, 0.15) is 13.3 Å². The minimum Gasteiger partial charge on any atom is -0.481 e. The SMILES string of the molecule is CC1=C(CCC(=O)O)c2cc3nc(cc4[nH]c(cc5[nH]c(cc1n2)c(C)c5C(C)O)c(C)c4C(C)O)C(C)=C3CCC(=O)O.O=C(CO)NCO. The average Bonchev–Trinajstić information content (AvgIpc) is 3.72. The Kier molecular flexibility index (Phi) is 12.3. The molecule has 2 atom stereocenters. The minimum atomic E-state index is -0.921. The second-order valence-corrected chi connectivity index (χ2v) is 12.6. The van der Waals surface area contributed by atoms with E-state index in [0.717, 1.165) is 50.0 Å². The number of carbonyl (C=O) groups excluding carboxylic acids is 1. The van der Waals surface area contributed by atoms with Crippen LogP contribution in [0.25, 0.3) is 44.4 Å². The summed E-state index contributed by atoms with van der Waals surface area (Å²) in [5.41, 5.74) is 11.7. The third kappa shape index (κ3) is 8.60. The summed E-state index contributed by atoms with van der Waals surface area (Å²) in [6.45, 7) is 10.1. The number of H-pyrrole nitrogens is 2. The van der Waals surface area contributed by atoms with E-state index in [1.807, 2.05) is 57.3 Å². The van der Waals surface area contributed by atoms with Gasteiger partial charge in [0.05, 0.1) is 35.0 Å². The number of carbonyl (C=O) groups is 3. The monoisotopic (exact) mass is 703 g/mol. The molecule has 1 amide bonds. The molecule has 0 radical (unpaired) electrons. The fourth-order valence-corrected chi connectivity index (χ4v) is 6.46. The number of amides is 1. The number of aryl methyl sites for hydroxylation is 2. The molecule has 8 bridgehead atoms. The number of nitrogens with zero attached hydrogens (tertiary/aromatic N) is 2. The van der Waals surface area contributed by atoms with Gasteiger partial charge in [0, 0.05) is 46.0 Å². The van der Waals surface area contributed by atoms with Crippen LogP contribution in [0.5, 0.6) is 0 Å². The van der Waals surface area contributed by atoms with Gasteiger partial charge < -0.3 is 45.9 Å². The molecule has 0 spiro atoms. The first-order valence-electron chi connectivity index (χ1n) is 16.5. The molecule has 9 N–H and O–H groups in total. The molecule has 3 aromatic heterocycles. The van der Waals surface area contributed by atoms with Crippen molar-refractivity contribution in [1.82, 2.24) is 25.3 Å². The molecule has 272 valence electrons. The number of aromatic amines is 2. The molecule has 2 unspecified atom stereocenters. The van der Waals surface area contributed by atoms with Crippen LogP contribution in [0, 0.1) is 13.8 Å². The Morgan fingerprint density at radius 1 is 0.667 bits per heavy atom. The average molecular weight is 704 g/mol. The first kappa shape index (κ1) is 38.6. The maximum absolute atomic E-state index is 11.6. The first-order chi connectivity index (χ1) is 24.1. The summed E-state index contributed by atoms with van der Waals surface area (Å²) in [7, 11) is 0. The number of carboxylic acid groups (broad SMARTS) is 2. The zero-order valence-corrected chi connectivity index (χ0v) is 29.5. The van der Waals surface area contributed by atoms with E-state index < -0.39 is 43.4 Å². The van der Waals surface area contributed by atoms with Crippen molar-refractivity contribution in [3.63, 3.8) is 0 Å². The highest BCUT2D eigenvalue weighted by Gasteiger charge is 2.23. The maximum atomic E-state index is 11.6. The van der Waals surface area contributed by atoms with Gasteiger partial charge in [-0.15, -0.1) is 0 Å². The van der Waals surface area contributed by atoms with Crippen molar-refractivity contribution >= 4 is 62.2 Å². The number of aromatic nitrogens is 4.